The van der Waals surface area contributed by atoms with E-state index in [2.05, 4.69) is 5.32 Å². The van der Waals surface area contributed by atoms with E-state index in [1.54, 1.807) is 7.11 Å². The summed E-state index contributed by atoms with van der Waals surface area (Å²) >= 11 is 0. The van der Waals surface area contributed by atoms with Gasteiger partial charge in [-0.15, -0.1) is 0 Å². The number of benzene rings is 1. The zero-order chi connectivity index (χ0) is 13.5. The van der Waals surface area contributed by atoms with E-state index in [9.17, 15) is 4.79 Å². The van der Waals surface area contributed by atoms with E-state index in [1.165, 1.54) is 5.56 Å². The van der Waals surface area contributed by atoms with Crippen LogP contribution in [0.3, 0.4) is 0 Å². The van der Waals surface area contributed by atoms with Crippen molar-refractivity contribution in [3.63, 3.8) is 0 Å². The minimum absolute atomic E-state index is 0.0355. The molecule has 1 unspecified atom stereocenters. The van der Waals surface area contributed by atoms with Crippen LogP contribution in [0.2, 0.25) is 0 Å². The zero-order valence-corrected chi connectivity index (χ0v) is 11.3. The van der Waals surface area contributed by atoms with Gasteiger partial charge in [0.2, 0.25) is 5.91 Å². The van der Waals surface area contributed by atoms with Crippen molar-refractivity contribution < 1.29 is 9.53 Å². The van der Waals surface area contributed by atoms with Gasteiger partial charge in [-0.25, -0.2) is 0 Å². The van der Waals surface area contributed by atoms with Crippen molar-refractivity contribution in [2.75, 3.05) is 13.7 Å². The molecule has 0 spiro atoms. The highest BCUT2D eigenvalue weighted by Gasteiger charge is 2.16. The lowest BCUT2D eigenvalue weighted by atomic mass is 10.1. The summed E-state index contributed by atoms with van der Waals surface area (Å²) in [6.45, 7) is 4.48. The molecule has 2 atom stereocenters. The third kappa shape index (κ3) is 4.47. The van der Waals surface area contributed by atoms with Crippen LogP contribution in [0, 0.1) is 6.92 Å². The maximum atomic E-state index is 11.8. The fourth-order valence-electron chi connectivity index (χ4n) is 1.63. The van der Waals surface area contributed by atoms with Crippen LogP contribution < -0.4 is 11.1 Å². The number of aryl methyl sites for hydroxylation is 1. The highest BCUT2D eigenvalue weighted by atomic mass is 16.5. The van der Waals surface area contributed by atoms with Crippen LogP contribution in [0.1, 0.15) is 30.5 Å². The van der Waals surface area contributed by atoms with Gasteiger partial charge in [-0.2, -0.15) is 0 Å². The second-order valence-corrected chi connectivity index (χ2v) is 4.53. The molecule has 0 fully saturated rings. The lowest BCUT2D eigenvalue weighted by Gasteiger charge is -2.18. The Kier molecular flexibility index (Phi) is 5.82. The van der Waals surface area contributed by atoms with Crippen molar-refractivity contribution in [1.82, 2.24) is 5.32 Å². The van der Waals surface area contributed by atoms with Crippen molar-refractivity contribution in [3.05, 3.63) is 35.4 Å². The first-order chi connectivity index (χ1) is 8.54. The quantitative estimate of drug-likeness (QED) is 0.805. The van der Waals surface area contributed by atoms with Crippen molar-refractivity contribution in [2.45, 2.75) is 32.4 Å². The van der Waals surface area contributed by atoms with Gasteiger partial charge in [0.1, 0.15) is 0 Å². The third-order valence-corrected chi connectivity index (χ3v) is 2.91. The van der Waals surface area contributed by atoms with Gasteiger partial charge >= 0.3 is 0 Å². The number of methoxy groups -OCH3 is 1. The number of hydrogen-bond donors (Lipinski definition) is 2. The number of nitrogens with two attached hydrogens (primary N) is 1. The van der Waals surface area contributed by atoms with Crippen LogP contribution in [0.4, 0.5) is 0 Å². The van der Waals surface area contributed by atoms with Gasteiger partial charge in [-0.3, -0.25) is 4.79 Å². The molecule has 3 N–H and O–H groups in total. The molecule has 1 aromatic carbocycles. The number of hydrogen-bond acceptors (Lipinski definition) is 3. The monoisotopic (exact) mass is 250 g/mol. The van der Waals surface area contributed by atoms with Crippen LogP contribution in [-0.4, -0.2) is 25.7 Å². The lowest BCUT2D eigenvalue weighted by Crippen LogP contribution is -2.42. The van der Waals surface area contributed by atoms with Crippen LogP contribution in [-0.2, 0) is 9.53 Å². The molecule has 0 aliphatic carbocycles. The van der Waals surface area contributed by atoms with Crippen molar-refractivity contribution in [3.8, 4) is 0 Å². The first-order valence-electron chi connectivity index (χ1n) is 6.16. The van der Waals surface area contributed by atoms with E-state index in [1.807, 2.05) is 38.1 Å². The van der Waals surface area contributed by atoms with Crippen molar-refractivity contribution in [2.24, 2.45) is 5.73 Å². The summed E-state index contributed by atoms with van der Waals surface area (Å²) in [4.78, 5) is 11.8. The van der Waals surface area contributed by atoms with Gasteiger partial charge in [0, 0.05) is 13.7 Å². The Morgan fingerprint density at radius 1 is 1.39 bits per heavy atom. The number of ether oxygens (including phenoxy) is 1. The molecule has 0 radical (unpaired) electrons. The Labute approximate surface area is 109 Å². The third-order valence-electron chi connectivity index (χ3n) is 2.91. The Morgan fingerprint density at radius 3 is 2.56 bits per heavy atom. The molecule has 1 amide bonds. The minimum atomic E-state index is -0.516. The van der Waals surface area contributed by atoms with Gasteiger partial charge in [0.25, 0.3) is 0 Å². The Bertz CT molecular complexity index is 376. The summed E-state index contributed by atoms with van der Waals surface area (Å²) in [5.74, 6) is -0.139. The summed E-state index contributed by atoms with van der Waals surface area (Å²) in [7, 11) is 1.60. The fourth-order valence-corrected chi connectivity index (χ4v) is 1.63. The molecule has 0 saturated carbocycles. The largest absolute Gasteiger partial charge is 0.385 e. The minimum Gasteiger partial charge on any atom is -0.385 e. The number of carbonyl (C=O) groups is 1. The van der Waals surface area contributed by atoms with Crippen LogP contribution in [0.25, 0.3) is 0 Å². The number of carbonyl (C=O) groups excluding carboxylic acids is 1. The molecule has 1 rings (SSSR count). The predicted octanol–water partition coefficient (Wildman–Crippen LogP) is 1.54. The smallest absolute Gasteiger partial charge is 0.237 e. The van der Waals surface area contributed by atoms with Gasteiger partial charge < -0.3 is 15.8 Å². The van der Waals surface area contributed by atoms with Gasteiger partial charge in [0.15, 0.2) is 0 Å². The molecular weight excluding hydrogens is 228 g/mol. The SMILES string of the molecule is COCCC(N)C(=O)N[C@H](C)c1ccc(C)cc1. The van der Waals surface area contributed by atoms with Gasteiger partial charge in [0.05, 0.1) is 12.1 Å². The van der Waals surface area contributed by atoms with E-state index in [4.69, 9.17) is 10.5 Å². The molecule has 0 aliphatic heterocycles. The maximum absolute atomic E-state index is 11.8. The first kappa shape index (κ1) is 14.7. The number of rotatable bonds is 6. The molecule has 0 bridgehead atoms. The van der Waals surface area contributed by atoms with E-state index in [0.29, 0.717) is 13.0 Å². The Morgan fingerprint density at radius 2 is 2.00 bits per heavy atom. The molecule has 18 heavy (non-hydrogen) atoms. The molecule has 1 aromatic rings. The average Bonchev–Trinajstić information content (AvgIpc) is 2.36. The summed E-state index contributed by atoms with van der Waals surface area (Å²) in [5.41, 5.74) is 8.04. The Hall–Kier alpha value is -1.39. The number of amides is 1. The average molecular weight is 250 g/mol. The molecule has 0 aromatic heterocycles. The maximum Gasteiger partial charge on any atom is 0.237 e. The van der Waals surface area contributed by atoms with Gasteiger partial charge in [-0.05, 0) is 25.8 Å². The molecule has 0 heterocycles. The highest BCUT2D eigenvalue weighted by molar-refractivity contribution is 5.81. The van der Waals surface area contributed by atoms with Crippen LogP contribution >= 0.6 is 0 Å². The lowest BCUT2D eigenvalue weighted by molar-refractivity contribution is -0.123. The second kappa shape index (κ2) is 7.13. The van der Waals surface area contributed by atoms with E-state index < -0.39 is 6.04 Å². The normalized spacial score (nSPS) is 14.0. The van der Waals surface area contributed by atoms with E-state index in [0.717, 1.165) is 5.56 Å². The molecule has 0 saturated heterocycles. The molecule has 0 aliphatic rings. The molecule has 100 valence electrons. The highest BCUT2D eigenvalue weighted by Crippen LogP contribution is 2.13. The van der Waals surface area contributed by atoms with Crippen molar-refractivity contribution >= 4 is 5.91 Å². The molecule has 4 nitrogen and oxygen atoms in total. The molecule has 4 heteroatoms. The first-order valence-corrected chi connectivity index (χ1v) is 6.16. The van der Waals surface area contributed by atoms with Gasteiger partial charge in [-0.1, -0.05) is 29.8 Å². The van der Waals surface area contributed by atoms with Crippen LogP contribution in [0.5, 0.6) is 0 Å². The topological polar surface area (TPSA) is 64.3 Å². The van der Waals surface area contributed by atoms with E-state index >= 15 is 0 Å². The molecular formula is C14H22N2O2. The summed E-state index contributed by atoms with van der Waals surface area (Å²) in [5, 5.41) is 2.90. The van der Waals surface area contributed by atoms with Crippen molar-refractivity contribution in [1.29, 1.82) is 0 Å². The van der Waals surface area contributed by atoms with E-state index in [-0.39, 0.29) is 11.9 Å². The zero-order valence-electron chi connectivity index (χ0n) is 11.3. The predicted molar refractivity (Wildman–Crippen MR) is 72.2 cm³/mol. The summed E-state index contributed by atoms with van der Waals surface area (Å²) in [6.07, 6.45) is 0.531. The van der Waals surface area contributed by atoms with Crippen LogP contribution in [0.15, 0.2) is 24.3 Å². The second-order valence-electron chi connectivity index (χ2n) is 4.53. The summed E-state index contributed by atoms with van der Waals surface area (Å²) in [6, 6.07) is 7.54. The fraction of sp³-hybridized carbons (Fsp3) is 0.500. The number of nitrogens with one attached hydrogen (secondary N) is 1. The summed E-state index contributed by atoms with van der Waals surface area (Å²) < 4.78 is 4.91. The Balaban J connectivity index is 2.51. The standard InChI is InChI=1S/C14H22N2O2/c1-10-4-6-12(7-5-10)11(2)16-14(17)13(15)8-9-18-3/h4-7,11,13H,8-9,15H2,1-3H3,(H,16,17)/t11-,13?/m1/s1.